The predicted molar refractivity (Wildman–Crippen MR) is 88.6 cm³/mol. The summed E-state index contributed by atoms with van der Waals surface area (Å²) in [5, 5.41) is 12.3. The molecule has 1 aliphatic heterocycles. The number of aliphatic carboxylic acids is 1. The number of piperidine rings is 1. The number of hydrogen-bond acceptors (Lipinski definition) is 2. The maximum Gasteiger partial charge on any atom is 0.321 e. The van der Waals surface area contributed by atoms with E-state index in [4.69, 9.17) is 0 Å². The molecular weight excluding hydrogens is 292 g/mol. The lowest BCUT2D eigenvalue weighted by molar-refractivity contribution is -0.143. The smallest absolute Gasteiger partial charge is 0.321 e. The zero-order chi connectivity index (χ0) is 16.4. The Labute approximate surface area is 136 Å². The van der Waals surface area contributed by atoms with Crippen LogP contribution in [0, 0.1) is 11.8 Å². The Morgan fingerprint density at radius 2 is 2.00 bits per heavy atom. The van der Waals surface area contributed by atoms with Gasteiger partial charge in [-0.3, -0.25) is 4.79 Å². The molecule has 0 spiro atoms. The number of fused-ring (bicyclic) bond motifs is 1. The second kappa shape index (κ2) is 6.60. The molecule has 23 heavy (non-hydrogen) atoms. The highest BCUT2D eigenvalue weighted by atomic mass is 16.4. The van der Waals surface area contributed by atoms with E-state index in [0.717, 1.165) is 24.9 Å². The molecule has 0 radical (unpaired) electrons. The van der Waals surface area contributed by atoms with Crippen molar-refractivity contribution in [3.8, 4) is 0 Å². The number of carboxylic acid groups (broad SMARTS) is 1. The molecule has 1 aliphatic carbocycles. The highest BCUT2D eigenvalue weighted by molar-refractivity contribution is 5.91. The van der Waals surface area contributed by atoms with E-state index >= 15 is 0 Å². The van der Waals surface area contributed by atoms with E-state index < -0.39 is 11.9 Å². The van der Waals surface area contributed by atoms with E-state index in [0.29, 0.717) is 19.5 Å². The van der Waals surface area contributed by atoms with E-state index in [-0.39, 0.29) is 11.9 Å². The number of benzene rings is 1. The summed E-state index contributed by atoms with van der Waals surface area (Å²) in [4.78, 5) is 25.5. The van der Waals surface area contributed by atoms with Gasteiger partial charge >= 0.3 is 12.0 Å². The zero-order valence-electron chi connectivity index (χ0n) is 13.5. The molecule has 1 aromatic carbocycles. The summed E-state index contributed by atoms with van der Waals surface area (Å²) in [6.45, 7) is 2.91. The van der Waals surface area contributed by atoms with Crippen LogP contribution in [-0.4, -0.2) is 35.1 Å². The Morgan fingerprint density at radius 1 is 1.22 bits per heavy atom. The van der Waals surface area contributed by atoms with E-state index in [2.05, 4.69) is 11.4 Å². The van der Waals surface area contributed by atoms with Crippen molar-refractivity contribution in [3.05, 3.63) is 29.3 Å². The topological polar surface area (TPSA) is 69.6 Å². The molecule has 2 atom stereocenters. The minimum absolute atomic E-state index is 0.179. The fourth-order valence-corrected chi connectivity index (χ4v) is 3.79. The van der Waals surface area contributed by atoms with Gasteiger partial charge in [-0.25, -0.2) is 4.79 Å². The van der Waals surface area contributed by atoms with Gasteiger partial charge < -0.3 is 15.3 Å². The van der Waals surface area contributed by atoms with Crippen LogP contribution in [0.3, 0.4) is 0 Å². The number of amides is 2. The van der Waals surface area contributed by atoms with Crippen molar-refractivity contribution in [2.24, 2.45) is 11.8 Å². The lowest BCUT2D eigenvalue weighted by Gasteiger charge is -2.35. The summed E-state index contributed by atoms with van der Waals surface area (Å²) >= 11 is 0. The van der Waals surface area contributed by atoms with Crippen LogP contribution >= 0.6 is 0 Å². The molecule has 1 aromatic rings. The van der Waals surface area contributed by atoms with Gasteiger partial charge in [-0.2, -0.15) is 0 Å². The van der Waals surface area contributed by atoms with Crippen molar-refractivity contribution in [2.75, 3.05) is 18.4 Å². The molecular formula is C18H24N2O3. The molecule has 124 valence electrons. The average molecular weight is 316 g/mol. The Kier molecular flexibility index (Phi) is 4.55. The average Bonchev–Trinajstić information content (AvgIpc) is 2.54. The van der Waals surface area contributed by atoms with Crippen LogP contribution in [0.4, 0.5) is 10.5 Å². The maximum absolute atomic E-state index is 12.6. The first kappa shape index (κ1) is 15.8. The fraction of sp³-hybridized carbons (Fsp3) is 0.556. The standard InChI is InChI=1S/C18H24N2O3/c1-12-9-14(17(21)22)11-20(10-12)18(23)19-16-8-4-6-13-5-2-3-7-15(13)16/h4,6,8,12,14H,2-3,5,7,9-11H2,1H3,(H,19,23)(H,21,22). The maximum atomic E-state index is 12.6. The molecule has 0 bridgehead atoms. The van der Waals surface area contributed by atoms with Crippen LogP contribution in [0.5, 0.6) is 0 Å². The second-order valence-electron chi connectivity index (χ2n) is 6.86. The molecule has 2 unspecified atom stereocenters. The summed E-state index contributed by atoms with van der Waals surface area (Å²) in [6.07, 6.45) is 5.07. The van der Waals surface area contributed by atoms with Crippen LogP contribution in [0.15, 0.2) is 18.2 Å². The number of urea groups is 1. The Balaban J connectivity index is 1.73. The molecule has 5 nitrogen and oxygen atoms in total. The summed E-state index contributed by atoms with van der Waals surface area (Å²) < 4.78 is 0. The first-order valence-electron chi connectivity index (χ1n) is 8.44. The summed E-state index contributed by atoms with van der Waals surface area (Å²) in [5.41, 5.74) is 3.45. The van der Waals surface area contributed by atoms with Crippen molar-refractivity contribution < 1.29 is 14.7 Å². The van der Waals surface area contributed by atoms with Gasteiger partial charge in [0.05, 0.1) is 5.92 Å². The Bertz CT molecular complexity index is 614. The summed E-state index contributed by atoms with van der Waals surface area (Å²) in [5.74, 6) is -1.07. The number of likely N-dealkylation sites (tertiary alicyclic amines) is 1. The first-order chi connectivity index (χ1) is 11.0. The quantitative estimate of drug-likeness (QED) is 0.880. The lowest BCUT2D eigenvalue weighted by atomic mass is 9.90. The third-order valence-corrected chi connectivity index (χ3v) is 4.93. The number of carbonyl (C=O) groups is 2. The minimum atomic E-state index is -0.813. The fourth-order valence-electron chi connectivity index (χ4n) is 3.79. The van der Waals surface area contributed by atoms with Crippen LogP contribution in [-0.2, 0) is 17.6 Å². The van der Waals surface area contributed by atoms with Crippen molar-refractivity contribution in [3.63, 3.8) is 0 Å². The second-order valence-corrected chi connectivity index (χ2v) is 6.86. The van der Waals surface area contributed by atoms with E-state index in [1.165, 1.54) is 17.5 Å². The van der Waals surface area contributed by atoms with Gasteiger partial charge in [-0.05, 0) is 55.2 Å². The third kappa shape index (κ3) is 3.49. The van der Waals surface area contributed by atoms with Crippen molar-refractivity contribution in [1.82, 2.24) is 4.90 Å². The number of carbonyl (C=O) groups excluding carboxylic acids is 1. The van der Waals surface area contributed by atoms with Gasteiger partial charge in [-0.15, -0.1) is 0 Å². The zero-order valence-corrected chi connectivity index (χ0v) is 13.5. The molecule has 1 fully saturated rings. The molecule has 3 rings (SSSR count). The number of nitrogens with zero attached hydrogens (tertiary/aromatic N) is 1. The molecule has 0 saturated carbocycles. The summed E-state index contributed by atoms with van der Waals surface area (Å²) in [6, 6.07) is 5.89. The highest BCUT2D eigenvalue weighted by Gasteiger charge is 2.32. The lowest BCUT2D eigenvalue weighted by Crippen LogP contribution is -2.47. The van der Waals surface area contributed by atoms with Gasteiger partial charge in [0.1, 0.15) is 0 Å². The van der Waals surface area contributed by atoms with Crippen molar-refractivity contribution in [1.29, 1.82) is 0 Å². The van der Waals surface area contributed by atoms with E-state index in [9.17, 15) is 14.7 Å². The number of aryl methyl sites for hydroxylation is 1. The van der Waals surface area contributed by atoms with Gasteiger partial charge in [0.2, 0.25) is 0 Å². The monoisotopic (exact) mass is 316 g/mol. The number of hydrogen-bond donors (Lipinski definition) is 2. The minimum Gasteiger partial charge on any atom is -0.481 e. The van der Waals surface area contributed by atoms with Gasteiger partial charge in [0.25, 0.3) is 0 Å². The molecule has 5 heteroatoms. The normalized spacial score (nSPS) is 24.0. The number of rotatable bonds is 2. The van der Waals surface area contributed by atoms with E-state index in [1.54, 1.807) is 4.90 Å². The molecule has 0 aromatic heterocycles. The summed E-state index contributed by atoms with van der Waals surface area (Å²) in [7, 11) is 0. The van der Waals surface area contributed by atoms with Crippen LogP contribution in [0.2, 0.25) is 0 Å². The van der Waals surface area contributed by atoms with E-state index in [1.807, 2.05) is 19.1 Å². The Morgan fingerprint density at radius 3 is 2.78 bits per heavy atom. The number of anilines is 1. The Hall–Kier alpha value is -2.04. The largest absolute Gasteiger partial charge is 0.481 e. The first-order valence-corrected chi connectivity index (χ1v) is 8.44. The highest BCUT2D eigenvalue weighted by Crippen LogP contribution is 2.29. The van der Waals surface area contributed by atoms with Crippen molar-refractivity contribution >= 4 is 17.7 Å². The SMILES string of the molecule is CC1CC(C(=O)O)CN(C(=O)Nc2cccc3c2CCCC3)C1. The van der Waals surface area contributed by atoms with Crippen LogP contribution in [0.1, 0.15) is 37.3 Å². The number of carboxylic acids is 1. The molecule has 1 saturated heterocycles. The molecule has 2 amide bonds. The van der Waals surface area contributed by atoms with Gasteiger partial charge in [0.15, 0.2) is 0 Å². The predicted octanol–water partition coefficient (Wildman–Crippen LogP) is 3.14. The van der Waals surface area contributed by atoms with Crippen LogP contribution < -0.4 is 5.32 Å². The van der Waals surface area contributed by atoms with Gasteiger partial charge in [0, 0.05) is 18.8 Å². The molecule has 2 N–H and O–H groups in total. The molecule has 2 aliphatic rings. The molecule has 1 heterocycles. The van der Waals surface area contributed by atoms with Crippen molar-refractivity contribution in [2.45, 2.75) is 39.0 Å². The third-order valence-electron chi connectivity index (χ3n) is 4.93. The van der Waals surface area contributed by atoms with Gasteiger partial charge in [-0.1, -0.05) is 19.1 Å². The number of nitrogens with one attached hydrogen (secondary N) is 1. The van der Waals surface area contributed by atoms with Crippen LogP contribution in [0.25, 0.3) is 0 Å².